The van der Waals surface area contributed by atoms with E-state index in [1.165, 1.54) is 86.9 Å². The van der Waals surface area contributed by atoms with Gasteiger partial charge in [-0.2, -0.15) is 0 Å². The summed E-state index contributed by atoms with van der Waals surface area (Å²) in [5, 5.41) is 4.87. The van der Waals surface area contributed by atoms with Crippen molar-refractivity contribution in [2.24, 2.45) is 0 Å². The van der Waals surface area contributed by atoms with Gasteiger partial charge in [-0.1, -0.05) is 188 Å². The van der Waals surface area contributed by atoms with Gasteiger partial charge in [0.05, 0.1) is 21.5 Å². The molecule has 1 spiro atoms. The molecule has 2 heterocycles. The van der Waals surface area contributed by atoms with Crippen molar-refractivity contribution >= 4 is 59.3 Å². The molecule has 1 atom stereocenters. The monoisotopic (exact) mass is 807 g/mol. The summed E-state index contributed by atoms with van der Waals surface area (Å²) < 4.78 is 9.47. The second kappa shape index (κ2) is 13.7. The quantitative estimate of drug-likeness (QED) is 0.172. The van der Waals surface area contributed by atoms with E-state index in [-0.39, 0.29) is 0 Å². The predicted octanol–water partition coefficient (Wildman–Crippen LogP) is 16.5. The van der Waals surface area contributed by atoms with E-state index in [2.05, 4.69) is 229 Å². The lowest BCUT2D eigenvalue weighted by molar-refractivity contribution is 0.441. The largest absolute Gasteiger partial charge is 0.456 e. The second-order valence-corrected chi connectivity index (χ2v) is 17.4. The van der Waals surface area contributed by atoms with Crippen LogP contribution < -0.4 is 9.64 Å². The summed E-state index contributed by atoms with van der Waals surface area (Å²) in [7, 11) is 0. The third kappa shape index (κ3) is 4.97. The average molecular weight is 808 g/mol. The van der Waals surface area contributed by atoms with Crippen molar-refractivity contribution in [3.8, 4) is 44.9 Å². The number of ether oxygens (including phenoxy) is 1. The molecule has 0 saturated heterocycles. The van der Waals surface area contributed by atoms with Gasteiger partial charge in [0, 0.05) is 43.2 Å². The van der Waals surface area contributed by atoms with Crippen molar-refractivity contribution in [2.45, 2.75) is 5.41 Å². The van der Waals surface area contributed by atoms with Crippen LogP contribution in [0, 0.1) is 0 Å². The summed E-state index contributed by atoms with van der Waals surface area (Å²) in [6, 6.07) is 82.0. The Kier molecular flexibility index (Phi) is 7.72. The van der Waals surface area contributed by atoms with Gasteiger partial charge in [-0.3, -0.25) is 0 Å². The summed E-state index contributed by atoms with van der Waals surface area (Å²) in [6.07, 6.45) is 0. The summed E-state index contributed by atoms with van der Waals surface area (Å²) in [5.74, 6) is 1.84. The molecule has 1 unspecified atom stereocenters. The maximum Gasteiger partial charge on any atom is 0.140 e. The van der Waals surface area contributed by atoms with Gasteiger partial charge in [-0.25, -0.2) is 0 Å². The van der Waals surface area contributed by atoms with E-state index in [0.717, 1.165) is 28.3 Å². The molecule has 0 fully saturated rings. The van der Waals surface area contributed by atoms with Crippen LogP contribution in [0.3, 0.4) is 0 Å². The number of benzene rings is 10. The van der Waals surface area contributed by atoms with E-state index in [9.17, 15) is 0 Å². The van der Waals surface area contributed by atoms with Gasteiger partial charge in [0.15, 0.2) is 0 Å². The number of hydrogen-bond donors (Lipinski definition) is 0. The summed E-state index contributed by atoms with van der Waals surface area (Å²) in [5.41, 5.74) is 15.0. The minimum atomic E-state index is -0.559. The van der Waals surface area contributed by atoms with Crippen molar-refractivity contribution in [2.75, 3.05) is 4.90 Å². The molecule has 1 aliphatic carbocycles. The third-order valence-electron chi connectivity index (χ3n) is 13.1. The zero-order valence-electron chi connectivity index (χ0n) is 33.6. The van der Waals surface area contributed by atoms with Gasteiger partial charge in [0.1, 0.15) is 11.5 Å². The van der Waals surface area contributed by atoms with Crippen LogP contribution in [0.5, 0.6) is 11.5 Å². The molecule has 2 nitrogen and oxygen atoms in total. The van der Waals surface area contributed by atoms with Crippen LogP contribution in [0.4, 0.5) is 17.1 Å². The van der Waals surface area contributed by atoms with E-state index in [1.54, 1.807) is 0 Å². The van der Waals surface area contributed by atoms with Crippen LogP contribution in [0.25, 0.3) is 64.3 Å². The molecule has 3 heteroatoms. The number of para-hydroxylation sites is 2. The molecular formula is C59H37NOS. The maximum absolute atomic E-state index is 6.91. The highest BCUT2D eigenvalue weighted by molar-refractivity contribution is 7.26. The van der Waals surface area contributed by atoms with Crippen molar-refractivity contribution in [3.05, 3.63) is 247 Å². The van der Waals surface area contributed by atoms with Crippen molar-refractivity contribution in [1.82, 2.24) is 0 Å². The summed E-state index contributed by atoms with van der Waals surface area (Å²) >= 11 is 1.87. The van der Waals surface area contributed by atoms with Crippen molar-refractivity contribution in [3.63, 3.8) is 0 Å². The molecule has 0 radical (unpaired) electrons. The van der Waals surface area contributed by atoms with E-state index in [0.29, 0.717) is 0 Å². The molecule has 0 N–H and O–H groups in total. The average Bonchev–Trinajstić information content (AvgIpc) is 3.87. The standard InChI is InChI=1S/C59H37NOS/c1-2-16-38(17-3-1)42-19-7-11-28-52(42)60(53-29-15-24-46-45-21-8-13-31-55(45)62-58(46)53)41-35-32-40(33-36-41)43-23-14-27-50-56(43)47-22-6-9-25-48(47)59(50)49-26-10-12-30-54(49)61-57-44-20-5-4-18-39(44)34-37-51(57)59/h1-37H. The van der Waals surface area contributed by atoms with Crippen LogP contribution in [0.1, 0.15) is 22.3 Å². The highest BCUT2D eigenvalue weighted by Gasteiger charge is 2.51. The fraction of sp³-hybridized carbons (Fsp3) is 0.0169. The van der Waals surface area contributed by atoms with E-state index >= 15 is 0 Å². The number of thiophene rings is 1. The highest BCUT2D eigenvalue weighted by atomic mass is 32.1. The van der Waals surface area contributed by atoms with E-state index in [1.807, 2.05) is 11.3 Å². The van der Waals surface area contributed by atoms with Crippen LogP contribution in [0.2, 0.25) is 0 Å². The van der Waals surface area contributed by atoms with Crippen LogP contribution in [-0.2, 0) is 5.41 Å². The number of fused-ring (bicyclic) bond motifs is 14. The lowest BCUT2D eigenvalue weighted by Crippen LogP contribution is -2.32. The first-order valence-electron chi connectivity index (χ1n) is 21.3. The predicted molar refractivity (Wildman–Crippen MR) is 260 cm³/mol. The molecule has 2 aliphatic rings. The van der Waals surface area contributed by atoms with Crippen LogP contribution in [0.15, 0.2) is 224 Å². The Hall–Kier alpha value is -7.72. The Morgan fingerprint density at radius 3 is 1.90 bits per heavy atom. The molecule has 290 valence electrons. The summed E-state index contributed by atoms with van der Waals surface area (Å²) in [6.45, 7) is 0. The molecule has 62 heavy (non-hydrogen) atoms. The molecule has 11 aromatic rings. The zero-order valence-corrected chi connectivity index (χ0v) is 34.4. The molecule has 1 aromatic heterocycles. The second-order valence-electron chi connectivity index (χ2n) is 16.3. The molecule has 1 aliphatic heterocycles. The molecule has 10 aromatic carbocycles. The molecular weight excluding hydrogens is 771 g/mol. The first-order valence-corrected chi connectivity index (χ1v) is 22.1. The highest BCUT2D eigenvalue weighted by Crippen LogP contribution is 2.64. The van der Waals surface area contributed by atoms with Gasteiger partial charge in [-0.15, -0.1) is 11.3 Å². The number of anilines is 3. The van der Waals surface area contributed by atoms with E-state index < -0.39 is 5.41 Å². The molecule has 13 rings (SSSR count). The van der Waals surface area contributed by atoms with Crippen LogP contribution in [-0.4, -0.2) is 0 Å². The van der Waals surface area contributed by atoms with E-state index in [4.69, 9.17) is 4.74 Å². The smallest absolute Gasteiger partial charge is 0.140 e. The minimum absolute atomic E-state index is 0.559. The Labute approximate surface area is 364 Å². The Balaban J connectivity index is 1.02. The lowest BCUT2D eigenvalue weighted by atomic mass is 9.65. The van der Waals surface area contributed by atoms with Gasteiger partial charge in [0.2, 0.25) is 0 Å². The van der Waals surface area contributed by atoms with Crippen LogP contribution >= 0.6 is 11.3 Å². The minimum Gasteiger partial charge on any atom is -0.456 e. The van der Waals surface area contributed by atoms with Gasteiger partial charge < -0.3 is 9.64 Å². The van der Waals surface area contributed by atoms with Gasteiger partial charge in [-0.05, 0) is 80.7 Å². The first-order chi connectivity index (χ1) is 30.8. The summed E-state index contributed by atoms with van der Waals surface area (Å²) in [4.78, 5) is 2.46. The Bertz CT molecular complexity index is 3570. The SMILES string of the molecule is c1ccc(-c2ccccc2N(c2ccc(-c3cccc4c3-c3ccccc3C43c4ccccc4Oc4c3ccc3ccccc43)cc2)c2cccc3c2sc2ccccc23)cc1. The number of hydrogen-bond acceptors (Lipinski definition) is 3. The maximum atomic E-state index is 6.91. The number of nitrogens with zero attached hydrogens (tertiary/aromatic N) is 1. The molecule has 0 saturated carbocycles. The fourth-order valence-corrected chi connectivity index (χ4v) is 11.8. The van der Waals surface area contributed by atoms with Gasteiger partial charge >= 0.3 is 0 Å². The lowest BCUT2D eigenvalue weighted by Gasteiger charge is -2.39. The molecule has 0 bridgehead atoms. The Morgan fingerprint density at radius 1 is 0.387 bits per heavy atom. The van der Waals surface area contributed by atoms with Crippen molar-refractivity contribution < 1.29 is 4.74 Å². The number of rotatable bonds is 5. The molecule has 0 amide bonds. The normalized spacial score (nSPS) is 14.6. The fourth-order valence-electron chi connectivity index (χ4n) is 10.6. The Morgan fingerprint density at radius 2 is 1.02 bits per heavy atom. The zero-order chi connectivity index (χ0) is 40.8. The van der Waals surface area contributed by atoms with Gasteiger partial charge in [0.25, 0.3) is 0 Å². The first kappa shape index (κ1) is 35.1. The topological polar surface area (TPSA) is 12.5 Å². The van der Waals surface area contributed by atoms with Crippen molar-refractivity contribution in [1.29, 1.82) is 0 Å². The third-order valence-corrected chi connectivity index (χ3v) is 14.4.